The summed E-state index contributed by atoms with van der Waals surface area (Å²) in [6.07, 6.45) is -5.58. The molecule has 1 saturated heterocycles. The Balaban J connectivity index is 2.26. The molecule has 4 amide bonds. The van der Waals surface area contributed by atoms with Gasteiger partial charge in [-0.25, -0.2) is 19.2 Å². The summed E-state index contributed by atoms with van der Waals surface area (Å²) in [6, 6.07) is 9.62. The van der Waals surface area contributed by atoms with E-state index in [2.05, 4.69) is 0 Å². The predicted molar refractivity (Wildman–Crippen MR) is 265 cm³/mol. The average Bonchev–Trinajstić information content (AvgIpc) is 3.29. The molecule has 2 aromatic carbocycles. The summed E-state index contributed by atoms with van der Waals surface area (Å²) in [5.41, 5.74) is 3.23. The highest BCUT2D eigenvalue weighted by Gasteiger charge is 2.43. The number of carbonyl (C=O) groups excluding carboxylic acids is 8. The quantitative estimate of drug-likeness (QED) is 0.172. The van der Waals surface area contributed by atoms with Crippen LogP contribution in [0.15, 0.2) is 48.5 Å². The van der Waals surface area contributed by atoms with Crippen LogP contribution >= 0.6 is 0 Å². The van der Waals surface area contributed by atoms with Gasteiger partial charge in [-0.1, -0.05) is 115 Å². The van der Waals surface area contributed by atoms with Gasteiger partial charge in [0.05, 0.1) is 0 Å². The fraction of sp³-hybridized carbons (Fsp3) is 0.630. The molecular formula is C54H80N4O12. The van der Waals surface area contributed by atoms with Gasteiger partial charge in [-0.15, -0.1) is 0 Å². The van der Waals surface area contributed by atoms with Crippen LogP contribution in [0.2, 0.25) is 0 Å². The van der Waals surface area contributed by atoms with E-state index in [-0.39, 0.29) is 62.2 Å². The van der Waals surface area contributed by atoms with Gasteiger partial charge in [0.25, 0.3) is 23.6 Å². The lowest BCUT2D eigenvalue weighted by Gasteiger charge is -2.35. The number of carbonyl (C=O) groups is 8. The summed E-state index contributed by atoms with van der Waals surface area (Å²) in [4.78, 5) is 120. The second-order valence-electron chi connectivity index (χ2n) is 20.8. The molecule has 388 valence electrons. The largest absolute Gasteiger partial charge is 0.451 e. The van der Waals surface area contributed by atoms with E-state index in [1.807, 2.05) is 93.5 Å². The number of hydrogen-bond donors (Lipinski definition) is 0. The molecule has 0 spiro atoms. The van der Waals surface area contributed by atoms with Gasteiger partial charge < -0.3 is 38.5 Å². The summed E-state index contributed by atoms with van der Waals surface area (Å²) < 4.78 is 23.9. The summed E-state index contributed by atoms with van der Waals surface area (Å²) in [5.74, 6) is -7.13. The van der Waals surface area contributed by atoms with Crippen LogP contribution in [0.4, 0.5) is 0 Å². The second kappa shape index (κ2) is 26.4. The number of likely N-dealkylation sites (N-methyl/N-ethyl adjacent to an activating group) is 4. The number of benzene rings is 2. The lowest BCUT2D eigenvalue weighted by Crippen LogP contribution is -2.55. The molecule has 0 N–H and O–H groups in total. The zero-order chi connectivity index (χ0) is 52.9. The number of cyclic esters (lactones) is 4. The van der Waals surface area contributed by atoms with Crippen LogP contribution in [0.5, 0.6) is 0 Å². The second-order valence-corrected chi connectivity index (χ2v) is 20.8. The van der Waals surface area contributed by atoms with Gasteiger partial charge >= 0.3 is 23.9 Å². The fourth-order valence-corrected chi connectivity index (χ4v) is 8.36. The van der Waals surface area contributed by atoms with Gasteiger partial charge in [0.1, 0.15) is 24.2 Å². The van der Waals surface area contributed by atoms with Crippen LogP contribution in [0.1, 0.15) is 117 Å². The first-order chi connectivity index (χ1) is 32.6. The monoisotopic (exact) mass is 977 g/mol. The van der Waals surface area contributed by atoms with E-state index >= 15 is 0 Å². The number of amides is 4. The van der Waals surface area contributed by atoms with Crippen molar-refractivity contribution in [2.24, 2.45) is 23.7 Å². The van der Waals surface area contributed by atoms with E-state index in [4.69, 9.17) is 18.9 Å². The number of nitrogens with zero attached hydrogens (tertiary/aromatic N) is 4. The molecule has 0 radical (unpaired) electrons. The summed E-state index contributed by atoms with van der Waals surface area (Å²) in [6.45, 7) is 21.4. The predicted octanol–water partition coefficient (Wildman–Crippen LogP) is 6.28. The molecule has 16 nitrogen and oxygen atoms in total. The Labute approximate surface area is 416 Å². The Hall–Kier alpha value is -5.80. The molecule has 16 heteroatoms. The van der Waals surface area contributed by atoms with Crippen LogP contribution in [-0.2, 0) is 70.1 Å². The molecule has 1 fully saturated rings. The van der Waals surface area contributed by atoms with Crippen molar-refractivity contribution < 1.29 is 57.3 Å². The smallest absolute Gasteiger partial charge is 0.329 e. The van der Waals surface area contributed by atoms with E-state index < -0.39 is 96.1 Å². The number of ether oxygens (including phenoxy) is 4. The Morgan fingerprint density at radius 2 is 0.614 bits per heavy atom. The first-order valence-corrected chi connectivity index (χ1v) is 24.6. The Bertz CT molecular complexity index is 1960. The van der Waals surface area contributed by atoms with Gasteiger partial charge in [-0.05, 0) is 88.2 Å². The highest BCUT2D eigenvalue weighted by atomic mass is 16.6. The van der Waals surface area contributed by atoms with Crippen molar-refractivity contribution in [2.45, 2.75) is 170 Å². The molecule has 1 heterocycles. The van der Waals surface area contributed by atoms with Crippen LogP contribution in [0.3, 0.4) is 0 Å². The topological polar surface area (TPSA) is 186 Å². The number of aryl methyl sites for hydroxylation is 2. The average molecular weight is 977 g/mol. The van der Waals surface area contributed by atoms with Gasteiger partial charge in [-0.2, -0.15) is 0 Å². The van der Waals surface area contributed by atoms with Crippen molar-refractivity contribution in [3.63, 3.8) is 0 Å². The Kier molecular flexibility index (Phi) is 22.1. The molecule has 0 aromatic heterocycles. The molecule has 0 aliphatic carbocycles. The van der Waals surface area contributed by atoms with Crippen molar-refractivity contribution >= 4 is 47.5 Å². The van der Waals surface area contributed by atoms with Crippen molar-refractivity contribution in [3.05, 3.63) is 70.8 Å². The Morgan fingerprint density at radius 3 is 0.857 bits per heavy atom. The van der Waals surface area contributed by atoms with E-state index in [0.717, 1.165) is 30.7 Å². The molecule has 70 heavy (non-hydrogen) atoms. The molecule has 0 bridgehead atoms. The van der Waals surface area contributed by atoms with Gasteiger partial charge in [0.2, 0.25) is 0 Å². The molecule has 2 aromatic rings. The first kappa shape index (κ1) is 58.5. The van der Waals surface area contributed by atoms with Crippen LogP contribution < -0.4 is 0 Å². The highest BCUT2D eigenvalue weighted by Crippen LogP contribution is 2.24. The third-order valence-electron chi connectivity index (χ3n) is 12.6. The van der Waals surface area contributed by atoms with Gasteiger partial charge in [0.15, 0.2) is 24.4 Å². The summed E-state index contributed by atoms with van der Waals surface area (Å²) >= 11 is 0. The van der Waals surface area contributed by atoms with Crippen molar-refractivity contribution in [2.75, 3.05) is 28.2 Å². The van der Waals surface area contributed by atoms with Crippen LogP contribution in [-0.4, -0.2) is 144 Å². The van der Waals surface area contributed by atoms with Crippen molar-refractivity contribution in [1.82, 2.24) is 19.6 Å². The number of esters is 4. The normalized spacial score (nSPS) is 24.9. The maximum Gasteiger partial charge on any atom is 0.329 e. The zero-order valence-electron chi connectivity index (χ0n) is 44.5. The maximum atomic E-state index is 14.7. The molecule has 1 aliphatic heterocycles. The minimum atomic E-state index is -1.48. The lowest BCUT2D eigenvalue weighted by molar-refractivity contribution is -0.176. The van der Waals surface area contributed by atoms with Crippen molar-refractivity contribution in [1.29, 1.82) is 0 Å². The van der Waals surface area contributed by atoms with Crippen molar-refractivity contribution in [3.8, 4) is 0 Å². The van der Waals surface area contributed by atoms with E-state index in [1.54, 1.807) is 24.3 Å². The number of hydrogen-bond acceptors (Lipinski definition) is 12. The summed E-state index contributed by atoms with van der Waals surface area (Å²) in [5, 5.41) is 0. The highest BCUT2D eigenvalue weighted by molar-refractivity contribution is 5.94. The van der Waals surface area contributed by atoms with Gasteiger partial charge in [0, 0.05) is 41.0 Å². The van der Waals surface area contributed by atoms with E-state index in [1.165, 1.54) is 42.0 Å². The lowest BCUT2D eigenvalue weighted by atomic mass is 9.99. The van der Waals surface area contributed by atoms with Gasteiger partial charge in [-0.3, -0.25) is 19.2 Å². The molecular weight excluding hydrogens is 897 g/mol. The molecule has 3 rings (SSSR count). The minimum absolute atomic E-state index is 0.0823. The van der Waals surface area contributed by atoms with E-state index in [9.17, 15) is 38.4 Å². The fourth-order valence-electron chi connectivity index (χ4n) is 8.36. The standard InChI is InChI=1S/C54H80N4O12/c1-31(2)25-41-51(63)67-37(11)47(59)55(13)44(28-34(7)8)54(66)70-46(30-40-23-19-36(10)20-24-40)50(62)58(16)42(26-32(3)4)52(64)68-38(12)48(60)56(14)43(27-33(5)6)53(65)69-45(49(61)57(41)15)29-39-21-17-35(9)18-22-39/h17-24,31-34,37-38,41-46H,25-30H2,1-16H3/t37-,38-,41+,42+,43+,44+,45-,46-/m1/s1. The number of rotatable bonds is 12. The molecule has 0 unspecified atom stereocenters. The Morgan fingerprint density at radius 1 is 0.386 bits per heavy atom. The van der Waals surface area contributed by atoms with E-state index in [0.29, 0.717) is 11.1 Å². The molecule has 8 atom stereocenters. The summed E-state index contributed by atoms with van der Waals surface area (Å²) in [7, 11) is 5.58. The maximum absolute atomic E-state index is 14.7. The molecule has 0 saturated carbocycles. The third-order valence-corrected chi connectivity index (χ3v) is 12.6. The minimum Gasteiger partial charge on any atom is -0.451 e. The van der Waals surface area contributed by atoms with Crippen LogP contribution in [0, 0.1) is 37.5 Å². The molecule has 1 aliphatic rings. The SMILES string of the molecule is Cc1ccc(C[C@H]2OC(=O)[C@H](CC(C)C)N(C)C(=O)[C@@H](C)OC(=O)[C@H](CC(C)C)N(C)C(=O)[C@@H](Cc3ccc(C)cc3)OC(=O)[C@H](CC(C)C)N(C)C(=O)[C@@H](C)OC(=O)[C@H](CC(C)C)N(C)C2=O)cc1. The first-order valence-electron chi connectivity index (χ1n) is 24.6. The zero-order valence-corrected chi connectivity index (χ0v) is 44.5. The van der Waals surface area contributed by atoms with Crippen LogP contribution in [0.25, 0.3) is 0 Å². The third kappa shape index (κ3) is 16.7.